The molecule has 6 heteroatoms. The number of aryl methyl sites for hydroxylation is 1. The maximum atomic E-state index is 12.3. The molecule has 1 atom stereocenters. The second kappa shape index (κ2) is 6.79. The lowest BCUT2D eigenvalue weighted by Crippen LogP contribution is -2.42. The second-order valence-electron chi connectivity index (χ2n) is 4.85. The van der Waals surface area contributed by atoms with Gasteiger partial charge in [0.25, 0.3) is 11.1 Å². The van der Waals surface area contributed by atoms with E-state index in [9.17, 15) is 14.4 Å². The summed E-state index contributed by atoms with van der Waals surface area (Å²) < 4.78 is 4.59. The first-order valence-corrected chi connectivity index (χ1v) is 7.73. The molecule has 0 bridgehead atoms. The third-order valence-corrected chi connectivity index (χ3v) is 4.32. The summed E-state index contributed by atoms with van der Waals surface area (Å²) in [7, 11) is 1.23. The Balaban J connectivity index is 2.23. The van der Waals surface area contributed by atoms with Crippen LogP contribution < -0.4 is 0 Å². The summed E-state index contributed by atoms with van der Waals surface area (Å²) in [6.45, 7) is 3.54. The van der Waals surface area contributed by atoms with Crippen LogP contribution in [0.3, 0.4) is 0 Å². The maximum absolute atomic E-state index is 12.3. The maximum Gasteiger partial charge on any atom is 0.328 e. The predicted molar refractivity (Wildman–Crippen MR) is 85.1 cm³/mol. The molecule has 116 valence electrons. The van der Waals surface area contributed by atoms with Gasteiger partial charge in [0.05, 0.1) is 12.0 Å². The zero-order valence-corrected chi connectivity index (χ0v) is 13.5. The van der Waals surface area contributed by atoms with Gasteiger partial charge in [-0.15, -0.1) is 0 Å². The van der Waals surface area contributed by atoms with Crippen molar-refractivity contribution in [1.82, 2.24) is 4.90 Å². The van der Waals surface area contributed by atoms with Crippen LogP contribution in [0.2, 0.25) is 0 Å². The smallest absolute Gasteiger partial charge is 0.328 e. The summed E-state index contributed by atoms with van der Waals surface area (Å²) in [6.07, 6.45) is 2.60. The van der Waals surface area contributed by atoms with Crippen molar-refractivity contribution in [3.63, 3.8) is 0 Å². The van der Waals surface area contributed by atoms with Crippen LogP contribution in [0, 0.1) is 0 Å². The molecule has 0 N–H and O–H groups in total. The Morgan fingerprint density at radius 1 is 1.32 bits per heavy atom. The van der Waals surface area contributed by atoms with Crippen LogP contribution >= 0.6 is 11.8 Å². The number of ether oxygens (including phenoxy) is 1. The summed E-state index contributed by atoms with van der Waals surface area (Å²) in [5, 5.41) is -0.459. The monoisotopic (exact) mass is 319 g/mol. The first kappa shape index (κ1) is 16.3. The fourth-order valence-electron chi connectivity index (χ4n) is 2.09. The SMILES string of the molecule is CCc1ccc(/C=C2\SC(=O)N([C@H](C)C(=O)OC)C2=O)cc1. The minimum absolute atomic E-state index is 0.310. The molecule has 1 fully saturated rings. The molecule has 0 aliphatic carbocycles. The molecule has 1 aliphatic rings. The summed E-state index contributed by atoms with van der Waals surface area (Å²) in [5.41, 5.74) is 2.04. The molecule has 0 saturated carbocycles. The third-order valence-electron chi connectivity index (χ3n) is 3.44. The van der Waals surface area contributed by atoms with Crippen LogP contribution in [0.15, 0.2) is 29.2 Å². The number of thioether (sulfide) groups is 1. The van der Waals surface area contributed by atoms with E-state index in [-0.39, 0.29) is 0 Å². The van der Waals surface area contributed by atoms with Gasteiger partial charge in [-0.05, 0) is 42.3 Å². The van der Waals surface area contributed by atoms with E-state index in [0.717, 1.165) is 28.6 Å². The van der Waals surface area contributed by atoms with Crippen LogP contribution in [0.1, 0.15) is 25.0 Å². The van der Waals surface area contributed by atoms with E-state index in [2.05, 4.69) is 11.7 Å². The molecule has 1 aromatic rings. The van der Waals surface area contributed by atoms with Crippen molar-refractivity contribution in [2.45, 2.75) is 26.3 Å². The number of hydrogen-bond donors (Lipinski definition) is 0. The topological polar surface area (TPSA) is 63.7 Å². The lowest BCUT2D eigenvalue weighted by molar-refractivity contribution is -0.148. The molecule has 0 radical (unpaired) electrons. The second-order valence-corrected chi connectivity index (χ2v) is 5.84. The van der Waals surface area contributed by atoms with Gasteiger partial charge in [-0.25, -0.2) is 4.79 Å². The van der Waals surface area contributed by atoms with Crippen LogP contribution in [0.25, 0.3) is 6.08 Å². The average molecular weight is 319 g/mol. The van der Waals surface area contributed by atoms with Crippen molar-refractivity contribution < 1.29 is 19.1 Å². The average Bonchev–Trinajstić information content (AvgIpc) is 2.80. The van der Waals surface area contributed by atoms with Gasteiger partial charge in [-0.3, -0.25) is 14.5 Å². The Hall–Kier alpha value is -2.08. The van der Waals surface area contributed by atoms with Crippen molar-refractivity contribution in [3.05, 3.63) is 40.3 Å². The van der Waals surface area contributed by atoms with Gasteiger partial charge in [-0.1, -0.05) is 31.2 Å². The molecule has 0 spiro atoms. The number of imide groups is 1. The van der Waals surface area contributed by atoms with Crippen molar-refractivity contribution in [2.24, 2.45) is 0 Å². The summed E-state index contributed by atoms with van der Waals surface area (Å²) in [6, 6.07) is 6.83. The molecule has 2 rings (SSSR count). The van der Waals surface area contributed by atoms with E-state index in [0.29, 0.717) is 4.91 Å². The number of carbonyl (C=O) groups is 3. The van der Waals surface area contributed by atoms with Crippen LogP contribution in [0.4, 0.5) is 4.79 Å². The quantitative estimate of drug-likeness (QED) is 0.631. The number of amides is 2. The molecule has 1 aromatic carbocycles. The van der Waals surface area contributed by atoms with Crippen molar-refractivity contribution in [3.8, 4) is 0 Å². The zero-order valence-electron chi connectivity index (χ0n) is 12.7. The van der Waals surface area contributed by atoms with E-state index in [1.54, 1.807) is 6.08 Å². The standard InChI is InChI=1S/C16H17NO4S/c1-4-11-5-7-12(8-6-11)9-13-14(18)17(16(20)22-13)10(2)15(19)21-3/h5-10H,4H2,1-3H3/b13-9-/t10-/m1/s1. The molecule has 22 heavy (non-hydrogen) atoms. The first-order chi connectivity index (χ1) is 10.5. The molecule has 1 aliphatic heterocycles. The van der Waals surface area contributed by atoms with Gasteiger partial charge in [0.2, 0.25) is 0 Å². The highest BCUT2D eigenvalue weighted by atomic mass is 32.2. The van der Waals surface area contributed by atoms with Gasteiger partial charge >= 0.3 is 5.97 Å². The Morgan fingerprint density at radius 3 is 2.50 bits per heavy atom. The molecular weight excluding hydrogens is 302 g/mol. The Labute approximate surface area is 133 Å². The van der Waals surface area contributed by atoms with E-state index in [1.165, 1.54) is 19.6 Å². The van der Waals surface area contributed by atoms with Gasteiger partial charge < -0.3 is 4.74 Å². The molecule has 5 nitrogen and oxygen atoms in total. The van der Waals surface area contributed by atoms with Gasteiger partial charge in [-0.2, -0.15) is 0 Å². The number of carbonyl (C=O) groups excluding carboxylic acids is 3. The predicted octanol–water partition coefficient (Wildman–Crippen LogP) is 2.85. The van der Waals surface area contributed by atoms with Crippen LogP contribution in [0.5, 0.6) is 0 Å². The lowest BCUT2D eigenvalue weighted by atomic mass is 10.1. The van der Waals surface area contributed by atoms with Gasteiger partial charge in [0.15, 0.2) is 0 Å². The van der Waals surface area contributed by atoms with Gasteiger partial charge in [0, 0.05) is 0 Å². The minimum Gasteiger partial charge on any atom is -0.467 e. The molecule has 2 amide bonds. The van der Waals surface area contributed by atoms with Crippen molar-refractivity contribution in [1.29, 1.82) is 0 Å². The Morgan fingerprint density at radius 2 is 1.95 bits per heavy atom. The fraction of sp³-hybridized carbons (Fsp3) is 0.312. The van der Waals surface area contributed by atoms with E-state index < -0.39 is 23.2 Å². The normalized spacial score (nSPS) is 18.0. The molecule has 0 aromatic heterocycles. The highest BCUT2D eigenvalue weighted by molar-refractivity contribution is 8.18. The fourth-order valence-corrected chi connectivity index (χ4v) is 3.00. The largest absolute Gasteiger partial charge is 0.467 e. The number of rotatable bonds is 4. The molecule has 1 heterocycles. The number of esters is 1. The van der Waals surface area contributed by atoms with Crippen molar-refractivity contribution in [2.75, 3.05) is 7.11 Å². The number of methoxy groups -OCH3 is 1. The zero-order chi connectivity index (χ0) is 16.3. The molecular formula is C16H17NO4S. The van der Waals surface area contributed by atoms with E-state index >= 15 is 0 Å². The minimum atomic E-state index is -0.925. The number of benzene rings is 1. The number of hydrogen-bond acceptors (Lipinski definition) is 5. The van der Waals surface area contributed by atoms with E-state index in [1.807, 2.05) is 24.3 Å². The highest BCUT2D eigenvalue weighted by Crippen LogP contribution is 2.33. The Kier molecular flexibility index (Phi) is 5.03. The van der Waals surface area contributed by atoms with Crippen LogP contribution in [-0.2, 0) is 20.7 Å². The summed E-state index contributed by atoms with van der Waals surface area (Å²) in [5.74, 6) is -1.08. The lowest BCUT2D eigenvalue weighted by Gasteiger charge is -2.18. The molecule has 1 saturated heterocycles. The van der Waals surface area contributed by atoms with Crippen LogP contribution in [-0.4, -0.2) is 35.2 Å². The highest BCUT2D eigenvalue weighted by Gasteiger charge is 2.41. The summed E-state index contributed by atoms with van der Waals surface area (Å²) in [4.78, 5) is 37.1. The number of nitrogens with zero attached hydrogens (tertiary/aromatic N) is 1. The van der Waals surface area contributed by atoms with E-state index in [4.69, 9.17) is 0 Å². The summed E-state index contributed by atoms with van der Waals surface area (Å²) >= 11 is 0.834. The first-order valence-electron chi connectivity index (χ1n) is 6.91. The molecule has 0 unspecified atom stereocenters. The Bertz CT molecular complexity index is 636. The third kappa shape index (κ3) is 3.22. The van der Waals surface area contributed by atoms with Gasteiger partial charge in [0.1, 0.15) is 6.04 Å². The van der Waals surface area contributed by atoms with Crippen molar-refractivity contribution >= 4 is 35.0 Å².